The number of aliphatic hydroxyl groups is 2. The molecule has 0 aromatic carbocycles. The Morgan fingerprint density at radius 1 is 0.627 bits per heavy atom. The van der Waals surface area contributed by atoms with Crippen molar-refractivity contribution < 1.29 is 53.4 Å². The molecular formula is C36H66N12O11. The molecule has 59 heavy (non-hydrogen) atoms. The molecule has 0 saturated carbocycles. The number of amides is 8. The van der Waals surface area contributed by atoms with E-state index < -0.39 is 109 Å². The highest BCUT2D eigenvalue weighted by Gasteiger charge is 2.34. The first-order valence-corrected chi connectivity index (χ1v) is 19.4. The van der Waals surface area contributed by atoms with Crippen LogP contribution in [0.3, 0.4) is 0 Å². The maximum absolute atomic E-state index is 13.4. The Bertz CT molecular complexity index is 1450. The summed E-state index contributed by atoms with van der Waals surface area (Å²) in [5.74, 6) is -7.38. The molecule has 0 unspecified atom stereocenters. The van der Waals surface area contributed by atoms with E-state index in [0.717, 1.165) is 0 Å². The highest BCUT2D eigenvalue weighted by molar-refractivity contribution is 5.97. The van der Waals surface area contributed by atoms with Gasteiger partial charge in [0.25, 0.3) is 0 Å². The highest BCUT2D eigenvalue weighted by atomic mass is 16.3. The van der Waals surface area contributed by atoms with Crippen LogP contribution < -0.4 is 59.7 Å². The van der Waals surface area contributed by atoms with Crippen molar-refractivity contribution in [2.75, 3.05) is 32.8 Å². The molecule has 0 radical (unpaired) electrons. The van der Waals surface area contributed by atoms with Gasteiger partial charge in [0.1, 0.15) is 42.5 Å². The van der Waals surface area contributed by atoms with Crippen LogP contribution in [0.25, 0.3) is 0 Å². The van der Waals surface area contributed by atoms with Gasteiger partial charge in [0.2, 0.25) is 47.3 Å². The van der Waals surface area contributed by atoms with Gasteiger partial charge in [0.15, 0.2) is 5.96 Å². The zero-order chi connectivity index (χ0) is 45.4. The van der Waals surface area contributed by atoms with Crippen LogP contribution in [0.4, 0.5) is 0 Å². The summed E-state index contributed by atoms with van der Waals surface area (Å²) < 4.78 is 0. The van der Waals surface area contributed by atoms with Crippen molar-refractivity contribution in [3.8, 4) is 0 Å². The number of carbonyl (C=O) groups is 9. The molecule has 0 aromatic rings. The van der Waals surface area contributed by atoms with Crippen molar-refractivity contribution in [3.05, 3.63) is 0 Å². The average molecular weight is 843 g/mol. The van der Waals surface area contributed by atoms with Crippen molar-refractivity contribution in [2.24, 2.45) is 39.9 Å². The lowest BCUT2D eigenvalue weighted by molar-refractivity contribution is -0.136. The molecule has 0 saturated heterocycles. The second-order valence-electron chi connectivity index (χ2n) is 15.0. The zero-order valence-corrected chi connectivity index (χ0v) is 35.0. The highest BCUT2D eigenvalue weighted by Crippen LogP contribution is 2.10. The third-order valence-electron chi connectivity index (χ3n) is 8.39. The van der Waals surface area contributed by atoms with Gasteiger partial charge in [-0.3, -0.25) is 43.3 Å². The number of aliphatic imine (C=N–C) groups is 1. The fraction of sp³-hybridized carbons (Fsp3) is 0.722. The first-order chi connectivity index (χ1) is 27.6. The monoisotopic (exact) mass is 842 g/mol. The summed E-state index contributed by atoms with van der Waals surface area (Å²) in [6.45, 7) is 9.41. The Morgan fingerprint density at radius 2 is 1.14 bits per heavy atom. The van der Waals surface area contributed by atoms with E-state index >= 15 is 0 Å². The van der Waals surface area contributed by atoms with Crippen molar-refractivity contribution in [2.45, 2.75) is 117 Å². The van der Waals surface area contributed by atoms with E-state index in [9.17, 15) is 53.4 Å². The smallest absolute Gasteiger partial charge is 0.245 e. The lowest BCUT2D eigenvalue weighted by atomic mass is 10.0. The molecule has 8 amide bonds. The number of nitrogens with zero attached hydrogens (tertiary/aromatic N) is 1. The van der Waals surface area contributed by atoms with Crippen molar-refractivity contribution in [3.63, 3.8) is 0 Å². The Morgan fingerprint density at radius 3 is 1.63 bits per heavy atom. The number of aliphatic hydroxyl groups excluding tert-OH is 2. The first-order valence-electron chi connectivity index (χ1n) is 19.4. The van der Waals surface area contributed by atoms with Crippen LogP contribution in [0.1, 0.15) is 74.1 Å². The van der Waals surface area contributed by atoms with Crippen molar-refractivity contribution >= 4 is 59.5 Å². The third-order valence-corrected chi connectivity index (χ3v) is 8.39. The topological polar surface area (TPSA) is 381 Å². The minimum atomic E-state index is -1.58. The fourth-order valence-corrected chi connectivity index (χ4v) is 5.40. The SMILES string of the molecule is CC(C)C[C@H](NC(=O)CN)C(=O)N[C@H](C(=O)N[C@H](C(=O)NCC(=O)N[C@@H](CO)C(=O)N[C@@H](CC(C)C)C(=O)N[C@@H](CCCN=C(N)N)C(=O)NCC=O)C(C)C)[C@@H](C)O. The van der Waals surface area contributed by atoms with Gasteiger partial charge in [0.05, 0.1) is 32.3 Å². The molecule has 336 valence electrons. The third kappa shape index (κ3) is 21.8. The van der Waals surface area contributed by atoms with E-state index in [-0.39, 0.29) is 63.1 Å². The lowest BCUT2D eigenvalue weighted by Gasteiger charge is -2.28. The number of hydrogen-bond donors (Lipinski definition) is 13. The van der Waals surface area contributed by atoms with E-state index in [1.54, 1.807) is 27.7 Å². The number of nitrogens with two attached hydrogens (primary N) is 3. The largest absolute Gasteiger partial charge is 0.394 e. The fourth-order valence-electron chi connectivity index (χ4n) is 5.40. The van der Waals surface area contributed by atoms with Crippen LogP contribution in [-0.4, -0.2) is 145 Å². The molecule has 0 aliphatic rings. The molecule has 0 spiro atoms. The van der Waals surface area contributed by atoms with Crippen LogP contribution >= 0.6 is 0 Å². The molecule has 7 atom stereocenters. The van der Waals surface area contributed by atoms with E-state index in [1.807, 2.05) is 13.8 Å². The van der Waals surface area contributed by atoms with Gasteiger partial charge in [-0.05, 0) is 50.4 Å². The Kier molecular flexibility index (Phi) is 25.5. The van der Waals surface area contributed by atoms with Crippen LogP contribution in [0.5, 0.6) is 0 Å². The van der Waals surface area contributed by atoms with E-state index in [4.69, 9.17) is 17.2 Å². The molecule has 23 nitrogen and oxygen atoms in total. The maximum atomic E-state index is 13.4. The van der Waals surface area contributed by atoms with Gasteiger partial charge < -0.3 is 74.7 Å². The summed E-state index contributed by atoms with van der Waals surface area (Å²) in [7, 11) is 0. The Hall–Kier alpha value is -5.42. The van der Waals surface area contributed by atoms with Crippen LogP contribution in [0.2, 0.25) is 0 Å². The summed E-state index contributed by atoms with van der Waals surface area (Å²) in [5.41, 5.74) is 16.0. The van der Waals surface area contributed by atoms with E-state index in [1.165, 1.54) is 6.92 Å². The van der Waals surface area contributed by atoms with Gasteiger partial charge in [-0.25, -0.2) is 0 Å². The molecule has 0 bridgehead atoms. The minimum Gasteiger partial charge on any atom is -0.394 e. The Labute approximate surface area is 344 Å². The van der Waals surface area contributed by atoms with Gasteiger partial charge >= 0.3 is 0 Å². The number of aldehydes is 1. The zero-order valence-electron chi connectivity index (χ0n) is 35.0. The summed E-state index contributed by atoms with van der Waals surface area (Å²) in [6, 6.07) is -7.84. The minimum absolute atomic E-state index is 0.0423. The molecule has 0 rings (SSSR count). The summed E-state index contributed by atoms with van der Waals surface area (Å²) in [6.07, 6.45) is -0.340. The summed E-state index contributed by atoms with van der Waals surface area (Å²) in [5, 5.41) is 39.7. The second-order valence-corrected chi connectivity index (χ2v) is 15.0. The van der Waals surface area contributed by atoms with Gasteiger partial charge in [-0.2, -0.15) is 0 Å². The number of guanidine groups is 1. The molecule has 0 fully saturated rings. The molecule has 0 aliphatic heterocycles. The quantitative estimate of drug-likeness (QED) is 0.0151. The standard InChI is InChI=1S/C36H66N12O11/c1-18(2)13-23(43-26(52)15-37)32(56)48-29(21(7)51)35(59)47-28(20(5)6)34(58)42-16-27(53)44-25(17-50)33(57)46-24(14-19(3)4)31(55)45-22(30(54)40-11-12-49)9-8-10-41-36(38)39/h12,18-25,28-29,50-51H,8-11,13-17,37H2,1-7H3,(H,40,54)(H,42,58)(H,43,52)(H,44,53)(H,45,55)(H,46,57)(H,47,59)(H,48,56)(H4,38,39,41)/t21-,22+,23+,24+,25+,28+,29+/m1/s1. The van der Waals surface area contributed by atoms with Crippen LogP contribution in [0, 0.1) is 17.8 Å². The molecule has 16 N–H and O–H groups in total. The van der Waals surface area contributed by atoms with Crippen LogP contribution in [0.15, 0.2) is 4.99 Å². The second kappa shape index (κ2) is 28.1. The van der Waals surface area contributed by atoms with E-state index in [2.05, 4.69) is 47.5 Å². The number of rotatable bonds is 28. The van der Waals surface area contributed by atoms with E-state index in [0.29, 0.717) is 6.29 Å². The summed E-state index contributed by atoms with van der Waals surface area (Å²) >= 11 is 0. The Balaban J connectivity index is 5.73. The molecular weight excluding hydrogens is 776 g/mol. The van der Waals surface area contributed by atoms with Crippen molar-refractivity contribution in [1.29, 1.82) is 0 Å². The normalized spacial score (nSPS) is 14.6. The average Bonchev–Trinajstić information content (AvgIpc) is 3.15. The first kappa shape index (κ1) is 53.6. The van der Waals surface area contributed by atoms with Gasteiger partial charge in [-0.15, -0.1) is 0 Å². The summed E-state index contributed by atoms with van der Waals surface area (Å²) in [4.78, 5) is 118. The number of carbonyl (C=O) groups excluding carboxylic acids is 9. The number of hydrogen-bond acceptors (Lipinski definition) is 13. The maximum Gasteiger partial charge on any atom is 0.245 e. The lowest BCUT2D eigenvalue weighted by Crippen LogP contribution is -2.61. The van der Waals surface area contributed by atoms with Crippen molar-refractivity contribution in [1.82, 2.24) is 42.5 Å². The predicted molar refractivity (Wildman–Crippen MR) is 215 cm³/mol. The molecule has 0 aliphatic carbocycles. The van der Waals surface area contributed by atoms with Gasteiger partial charge in [-0.1, -0.05) is 41.5 Å². The predicted octanol–water partition coefficient (Wildman–Crippen LogP) is -5.54. The molecule has 23 heteroatoms. The number of nitrogens with one attached hydrogen (secondary N) is 8. The molecule has 0 heterocycles. The van der Waals surface area contributed by atoms with Crippen LogP contribution in [-0.2, 0) is 43.2 Å². The van der Waals surface area contributed by atoms with Gasteiger partial charge in [0, 0.05) is 6.54 Å². The molecule has 0 aromatic heterocycles.